The van der Waals surface area contributed by atoms with E-state index < -0.39 is 23.7 Å². The van der Waals surface area contributed by atoms with Gasteiger partial charge in [0, 0.05) is 28.7 Å². The number of hydrogen-bond donors (Lipinski definition) is 3. The number of anilines is 1. The molecule has 1 amide bonds. The summed E-state index contributed by atoms with van der Waals surface area (Å²) in [7, 11) is 0. The summed E-state index contributed by atoms with van der Waals surface area (Å²) in [6, 6.07) is 19.2. The second-order valence-electron chi connectivity index (χ2n) is 7.58. The Hall–Kier alpha value is -3.29. The van der Waals surface area contributed by atoms with Crippen LogP contribution in [0.4, 0.5) is 18.9 Å². The van der Waals surface area contributed by atoms with Crippen molar-refractivity contribution in [3.05, 3.63) is 101 Å². The third-order valence-corrected chi connectivity index (χ3v) is 5.59. The lowest BCUT2D eigenvalue weighted by atomic mass is 10.0. The monoisotopic (exact) mass is 471 g/mol. The van der Waals surface area contributed by atoms with E-state index in [4.69, 9.17) is 11.6 Å². The predicted molar refractivity (Wildman–Crippen MR) is 124 cm³/mol. The van der Waals surface area contributed by atoms with Crippen LogP contribution in [0.25, 0.3) is 10.9 Å². The third-order valence-electron chi connectivity index (χ3n) is 5.36. The minimum atomic E-state index is -4.65. The first-order valence-electron chi connectivity index (χ1n) is 10.3. The van der Waals surface area contributed by atoms with Gasteiger partial charge in [-0.05, 0) is 41.8 Å². The summed E-state index contributed by atoms with van der Waals surface area (Å²) in [6.07, 6.45) is -2.10. The molecule has 0 aliphatic rings. The van der Waals surface area contributed by atoms with E-state index >= 15 is 0 Å². The molecule has 0 spiro atoms. The van der Waals surface area contributed by atoms with Crippen LogP contribution >= 0.6 is 11.6 Å². The molecule has 0 bridgehead atoms. The fourth-order valence-corrected chi connectivity index (χ4v) is 3.93. The maximum absolute atomic E-state index is 13.5. The van der Waals surface area contributed by atoms with Crippen molar-refractivity contribution in [2.75, 3.05) is 11.9 Å². The summed E-state index contributed by atoms with van der Waals surface area (Å²) in [5, 5.41) is 6.66. The van der Waals surface area contributed by atoms with Gasteiger partial charge in [-0.25, -0.2) is 0 Å². The van der Waals surface area contributed by atoms with Crippen LogP contribution in [0.1, 0.15) is 22.7 Å². The van der Waals surface area contributed by atoms with Crippen molar-refractivity contribution in [1.29, 1.82) is 0 Å². The van der Waals surface area contributed by atoms with Crippen molar-refractivity contribution in [1.82, 2.24) is 10.3 Å². The van der Waals surface area contributed by atoms with Gasteiger partial charge in [-0.15, -0.1) is 0 Å². The molecule has 0 saturated carbocycles. The second-order valence-corrected chi connectivity index (χ2v) is 8.02. The minimum absolute atomic E-state index is 0.0585. The molecule has 1 aromatic heterocycles. The van der Waals surface area contributed by atoms with Gasteiger partial charge in [0.15, 0.2) is 0 Å². The maximum Gasteiger partial charge on any atom is 0.418 e. The Kier molecular flexibility index (Phi) is 6.72. The molecule has 0 aliphatic carbocycles. The third kappa shape index (κ3) is 5.38. The number of amides is 1. The molecular weight excluding hydrogens is 451 g/mol. The zero-order chi connectivity index (χ0) is 23.4. The van der Waals surface area contributed by atoms with E-state index in [1.165, 1.54) is 6.07 Å². The largest absolute Gasteiger partial charge is 0.418 e. The zero-order valence-corrected chi connectivity index (χ0v) is 18.2. The molecule has 1 atom stereocenters. The Morgan fingerprint density at radius 3 is 2.48 bits per heavy atom. The molecule has 4 rings (SSSR count). The molecule has 3 aromatic carbocycles. The predicted octanol–water partition coefficient (Wildman–Crippen LogP) is 6.35. The van der Waals surface area contributed by atoms with Crippen LogP contribution in [0.3, 0.4) is 0 Å². The number of para-hydroxylation sites is 1. The van der Waals surface area contributed by atoms with E-state index in [0.717, 1.165) is 28.6 Å². The number of H-pyrrole nitrogens is 1. The molecular formula is C25H21ClF3N3O. The lowest BCUT2D eigenvalue weighted by Gasteiger charge is -2.21. The lowest BCUT2D eigenvalue weighted by Crippen LogP contribution is -2.34. The summed E-state index contributed by atoms with van der Waals surface area (Å²) in [5.41, 5.74) is 1.43. The fraction of sp³-hybridized carbons (Fsp3) is 0.160. The normalized spacial score (nSPS) is 12.6. The van der Waals surface area contributed by atoms with E-state index in [0.29, 0.717) is 18.5 Å². The highest BCUT2D eigenvalue weighted by atomic mass is 35.5. The summed E-state index contributed by atoms with van der Waals surface area (Å²) in [6.45, 7) is 0.446. The van der Waals surface area contributed by atoms with Crippen LogP contribution in [0.2, 0.25) is 5.02 Å². The lowest BCUT2D eigenvalue weighted by molar-refractivity contribution is -0.137. The summed E-state index contributed by atoms with van der Waals surface area (Å²) >= 11 is 5.75. The van der Waals surface area contributed by atoms with E-state index in [1.54, 1.807) is 24.3 Å². The van der Waals surface area contributed by atoms with Crippen molar-refractivity contribution in [3.63, 3.8) is 0 Å². The molecule has 3 N–H and O–H groups in total. The molecule has 4 nitrogen and oxygen atoms in total. The Labute approximate surface area is 193 Å². The number of halogens is 4. The van der Waals surface area contributed by atoms with Crippen LogP contribution in [0.15, 0.2) is 79.0 Å². The SMILES string of the molecule is O=C(Nc1ccc(Cl)cc1C(F)(F)F)C(NCCc1c[nH]c2ccccc12)c1ccccc1. The van der Waals surface area contributed by atoms with E-state index in [-0.39, 0.29) is 10.7 Å². The highest BCUT2D eigenvalue weighted by Crippen LogP contribution is 2.36. The van der Waals surface area contributed by atoms with Gasteiger partial charge >= 0.3 is 6.18 Å². The average molecular weight is 472 g/mol. The Morgan fingerprint density at radius 2 is 1.73 bits per heavy atom. The van der Waals surface area contributed by atoms with Crippen molar-refractivity contribution < 1.29 is 18.0 Å². The van der Waals surface area contributed by atoms with E-state index in [2.05, 4.69) is 15.6 Å². The number of hydrogen-bond acceptors (Lipinski definition) is 2. The molecule has 0 saturated heterocycles. The van der Waals surface area contributed by atoms with Gasteiger partial charge in [-0.1, -0.05) is 60.1 Å². The first-order valence-corrected chi connectivity index (χ1v) is 10.7. The molecule has 170 valence electrons. The number of rotatable bonds is 7. The fourth-order valence-electron chi connectivity index (χ4n) is 3.76. The molecule has 0 radical (unpaired) electrons. The van der Waals surface area contributed by atoms with Gasteiger partial charge in [0.2, 0.25) is 5.91 Å². The van der Waals surface area contributed by atoms with Crippen LogP contribution in [0.5, 0.6) is 0 Å². The molecule has 1 unspecified atom stereocenters. The number of aromatic amines is 1. The number of aromatic nitrogens is 1. The Balaban J connectivity index is 1.53. The average Bonchev–Trinajstić information content (AvgIpc) is 3.21. The van der Waals surface area contributed by atoms with Gasteiger partial charge in [-0.3, -0.25) is 4.79 Å². The molecule has 33 heavy (non-hydrogen) atoms. The number of carbonyl (C=O) groups is 1. The number of carbonyl (C=O) groups excluding carboxylic acids is 1. The first-order chi connectivity index (χ1) is 15.8. The number of alkyl halides is 3. The second kappa shape index (κ2) is 9.68. The molecule has 8 heteroatoms. The molecule has 0 fully saturated rings. The maximum atomic E-state index is 13.5. The summed E-state index contributed by atoms with van der Waals surface area (Å²) in [4.78, 5) is 16.3. The molecule has 1 heterocycles. The van der Waals surface area contributed by atoms with Crippen LogP contribution in [-0.2, 0) is 17.4 Å². The minimum Gasteiger partial charge on any atom is -0.361 e. The van der Waals surface area contributed by atoms with Gasteiger partial charge in [-0.2, -0.15) is 13.2 Å². The van der Waals surface area contributed by atoms with Crippen molar-refractivity contribution in [2.24, 2.45) is 0 Å². The molecule has 0 aliphatic heterocycles. The standard InChI is InChI=1S/C25H21ClF3N3O/c26-18-10-11-22(20(14-18)25(27,28)29)32-24(33)23(16-6-2-1-3-7-16)30-13-12-17-15-31-21-9-5-4-8-19(17)21/h1-11,14-15,23,30-31H,12-13H2,(H,32,33). The highest BCUT2D eigenvalue weighted by Gasteiger charge is 2.35. The van der Waals surface area contributed by atoms with Crippen molar-refractivity contribution in [3.8, 4) is 0 Å². The zero-order valence-electron chi connectivity index (χ0n) is 17.4. The Bertz CT molecular complexity index is 1250. The summed E-state index contributed by atoms with van der Waals surface area (Å²) in [5.74, 6) is -0.590. The number of fused-ring (bicyclic) bond motifs is 1. The quantitative estimate of drug-likeness (QED) is 0.294. The van der Waals surface area contributed by atoms with Gasteiger partial charge in [0.1, 0.15) is 6.04 Å². The van der Waals surface area contributed by atoms with Crippen LogP contribution in [0, 0.1) is 0 Å². The van der Waals surface area contributed by atoms with Gasteiger partial charge in [0.05, 0.1) is 11.3 Å². The van der Waals surface area contributed by atoms with Crippen molar-refractivity contribution in [2.45, 2.75) is 18.6 Å². The van der Waals surface area contributed by atoms with Crippen molar-refractivity contribution >= 4 is 34.1 Å². The topological polar surface area (TPSA) is 56.9 Å². The van der Waals surface area contributed by atoms with Gasteiger partial charge < -0.3 is 15.6 Å². The highest BCUT2D eigenvalue weighted by molar-refractivity contribution is 6.30. The van der Waals surface area contributed by atoms with Crippen LogP contribution < -0.4 is 10.6 Å². The smallest absolute Gasteiger partial charge is 0.361 e. The van der Waals surface area contributed by atoms with E-state index in [1.807, 2.05) is 36.5 Å². The Morgan fingerprint density at radius 1 is 1.00 bits per heavy atom. The molecule has 4 aromatic rings. The summed E-state index contributed by atoms with van der Waals surface area (Å²) < 4.78 is 40.4. The van der Waals surface area contributed by atoms with Crippen LogP contribution in [-0.4, -0.2) is 17.4 Å². The number of benzene rings is 3. The van der Waals surface area contributed by atoms with E-state index in [9.17, 15) is 18.0 Å². The first kappa shape index (κ1) is 22.9. The number of nitrogens with one attached hydrogen (secondary N) is 3. The van der Waals surface area contributed by atoms with Gasteiger partial charge in [0.25, 0.3) is 0 Å².